The highest BCUT2D eigenvalue weighted by atomic mass is 35.5. The van der Waals surface area contributed by atoms with Crippen LogP contribution in [0.1, 0.15) is 31.2 Å². The van der Waals surface area contributed by atoms with Gasteiger partial charge >= 0.3 is 0 Å². The van der Waals surface area contributed by atoms with Crippen LogP contribution in [-0.4, -0.2) is 53.5 Å². The third-order valence-corrected chi connectivity index (χ3v) is 8.58. The number of nitrogens with zero attached hydrogens (tertiary/aromatic N) is 2. The van der Waals surface area contributed by atoms with E-state index < -0.39 is 17.0 Å². The first-order valence-corrected chi connectivity index (χ1v) is 13.6. The molecular formula is C27H30ClF2N3O3S. The minimum atomic E-state index is -0.691. The van der Waals surface area contributed by atoms with Crippen LogP contribution >= 0.6 is 23.4 Å². The number of aromatic nitrogens is 1. The number of methoxy groups -OCH3 is 1. The highest BCUT2D eigenvalue weighted by molar-refractivity contribution is 7.99. The van der Waals surface area contributed by atoms with Crippen molar-refractivity contribution in [3.63, 3.8) is 0 Å². The maximum absolute atomic E-state index is 13.9. The number of amides is 1. The molecule has 1 aromatic heterocycles. The van der Waals surface area contributed by atoms with Gasteiger partial charge in [0.1, 0.15) is 17.4 Å². The molecule has 0 aliphatic carbocycles. The van der Waals surface area contributed by atoms with E-state index >= 15 is 0 Å². The Balaban J connectivity index is 1.36. The molecule has 3 aromatic rings. The van der Waals surface area contributed by atoms with Crippen molar-refractivity contribution in [1.29, 1.82) is 0 Å². The molecule has 0 radical (unpaired) electrons. The zero-order chi connectivity index (χ0) is 26.4. The number of fused-ring (bicyclic) bond motifs is 1. The number of ether oxygens (including phenoxy) is 1. The lowest BCUT2D eigenvalue weighted by molar-refractivity contribution is -0.143. The van der Waals surface area contributed by atoms with Crippen LogP contribution in [0, 0.1) is 17.0 Å². The molecule has 2 N–H and O–H groups in total. The Morgan fingerprint density at radius 1 is 1.24 bits per heavy atom. The van der Waals surface area contributed by atoms with Crippen molar-refractivity contribution >= 4 is 40.2 Å². The molecule has 2 heterocycles. The van der Waals surface area contributed by atoms with Gasteiger partial charge in [-0.15, -0.1) is 11.8 Å². The number of carbonyl (C=O) groups is 1. The smallest absolute Gasteiger partial charge is 0.249 e. The molecule has 1 aliphatic heterocycles. The molecule has 1 saturated heterocycles. The largest absolute Gasteiger partial charge is 0.497 e. The van der Waals surface area contributed by atoms with Crippen LogP contribution in [0.4, 0.5) is 8.78 Å². The highest BCUT2D eigenvalue weighted by Gasteiger charge is 2.40. The zero-order valence-electron chi connectivity index (χ0n) is 20.6. The van der Waals surface area contributed by atoms with Crippen LogP contribution in [0.5, 0.6) is 5.75 Å². The summed E-state index contributed by atoms with van der Waals surface area (Å²) in [5.41, 5.74) is 2.97. The number of hydrogen-bond acceptors (Lipinski definition) is 6. The molecule has 1 aliphatic rings. The molecule has 4 rings (SSSR count). The van der Waals surface area contributed by atoms with Gasteiger partial charge in [0.05, 0.1) is 28.0 Å². The second-order valence-corrected chi connectivity index (χ2v) is 10.8. The molecule has 37 heavy (non-hydrogen) atoms. The molecule has 1 amide bonds. The summed E-state index contributed by atoms with van der Waals surface area (Å²) in [7, 11) is 1.61. The van der Waals surface area contributed by atoms with Crippen molar-refractivity contribution in [3.8, 4) is 5.75 Å². The molecule has 6 nitrogen and oxygen atoms in total. The van der Waals surface area contributed by atoms with Gasteiger partial charge in [0.15, 0.2) is 0 Å². The molecule has 0 atom stereocenters. The number of hydrogen-bond donors (Lipinski definition) is 2. The Bertz CT molecular complexity index is 1230. The normalized spacial score (nSPS) is 15.6. The molecule has 0 bridgehead atoms. The number of carbonyl (C=O) groups excluding carboxylic acids is 1. The maximum atomic E-state index is 13.9. The van der Waals surface area contributed by atoms with Crippen molar-refractivity contribution < 1.29 is 23.5 Å². The summed E-state index contributed by atoms with van der Waals surface area (Å²) in [6, 6.07) is 9.53. The second-order valence-electron chi connectivity index (χ2n) is 9.28. The maximum Gasteiger partial charge on any atom is 0.249 e. The number of halogens is 3. The van der Waals surface area contributed by atoms with Crippen LogP contribution < -0.4 is 10.2 Å². The fraction of sp³-hybridized carbons (Fsp3) is 0.407. The molecule has 0 unspecified atom stereocenters. The molecule has 0 saturated carbocycles. The van der Waals surface area contributed by atoms with E-state index in [-0.39, 0.29) is 10.8 Å². The fourth-order valence-corrected chi connectivity index (χ4v) is 6.21. The number of aryl methyl sites for hydroxylation is 1. The van der Waals surface area contributed by atoms with E-state index in [4.69, 9.17) is 16.3 Å². The third-order valence-electron chi connectivity index (χ3n) is 7.19. The first-order valence-electron chi connectivity index (χ1n) is 12.2. The van der Waals surface area contributed by atoms with Gasteiger partial charge in [-0.2, -0.15) is 0 Å². The van der Waals surface area contributed by atoms with Gasteiger partial charge in [-0.25, -0.2) is 14.3 Å². The average Bonchev–Trinajstić information content (AvgIpc) is 2.91. The number of nitrogens with one attached hydrogen (secondary N) is 1. The molecular weight excluding hydrogens is 520 g/mol. The summed E-state index contributed by atoms with van der Waals surface area (Å²) in [5.74, 6) is -0.223. The van der Waals surface area contributed by atoms with E-state index in [1.54, 1.807) is 13.3 Å². The van der Waals surface area contributed by atoms with Crippen molar-refractivity contribution in [2.45, 2.75) is 37.0 Å². The Morgan fingerprint density at radius 2 is 1.97 bits per heavy atom. The Morgan fingerprint density at radius 3 is 2.65 bits per heavy atom. The number of thioether (sulfide) groups is 1. The quantitative estimate of drug-likeness (QED) is 0.187. The summed E-state index contributed by atoms with van der Waals surface area (Å²) < 4.78 is 33.1. The fourth-order valence-electron chi connectivity index (χ4n) is 5.00. The Labute approximate surface area is 224 Å². The second kappa shape index (κ2) is 12.4. The zero-order valence-corrected chi connectivity index (χ0v) is 22.2. The first-order chi connectivity index (χ1) is 17.9. The SMILES string of the molecule is COc1ccc2ncc(Cl)c(CCCC3(C(=O)NO)CCN(CCSc4c(F)cccc4F)CC3)c2c1. The standard InChI is InChI=1S/C27H30ClF2N3O3S/c1-36-18-7-8-24-20(16-18)19(21(28)17-31-24)4-3-9-27(26(34)32-35)10-12-33(13-11-27)14-15-37-25-22(29)5-2-6-23(25)30/h2,5-8,16-17,35H,3-4,9-15H2,1H3,(H,32,34). The van der Waals surface area contributed by atoms with Crippen LogP contribution in [-0.2, 0) is 11.2 Å². The van der Waals surface area contributed by atoms with Crippen molar-refractivity contribution in [1.82, 2.24) is 15.4 Å². The minimum absolute atomic E-state index is 0.0356. The molecule has 2 aromatic carbocycles. The van der Waals surface area contributed by atoms with E-state index in [9.17, 15) is 18.8 Å². The van der Waals surface area contributed by atoms with E-state index in [1.807, 2.05) is 23.7 Å². The molecule has 198 valence electrons. The van der Waals surface area contributed by atoms with Crippen molar-refractivity contribution in [2.24, 2.45) is 5.41 Å². The topological polar surface area (TPSA) is 74.7 Å². The Hall–Kier alpha value is -2.46. The monoisotopic (exact) mass is 549 g/mol. The first kappa shape index (κ1) is 27.6. The predicted octanol–water partition coefficient (Wildman–Crippen LogP) is 5.88. The van der Waals surface area contributed by atoms with Gasteiger partial charge in [0.25, 0.3) is 0 Å². The minimum Gasteiger partial charge on any atom is -0.497 e. The number of piperidine rings is 1. The number of hydroxylamine groups is 1. The van der Waals surface area contributed by atoms with E-state index in [0.717, 1.165) is 34.0 Å². The van der Waals surface area contributed by atoms with Gasteiger partial charge in [-0.3, -0.25) is 15.0 Å². The summed E-state index contributed by atoms with van der Waals surface area (Å²) in [5, 5.41) is 11.0. The Kier molecular flexibility index (Phi) is 9.23. The van der Waals surface area contributed by atoms with E-state index in [2.05, 4.69) is 9.88 Å². The summed E-state index contributed by atoms with van der Waals surface area (Å²) in [6.45, 7) is 1.96. The van der Waals surface area contributed by atoms with Crippen molar-refractivity contribution in [3.05, 3.63) is 64.8 Å². The van der Waals surface area contributed by atoms with Crippen LogP contribution in [0.3, 0.4) is 0 Å². The summed E-state index contributed by atoms with van der Waals surface area (Å²) in [6.07, 6.45) is 4.75. The summed E-state index contributed by atoms with van der Waals surface area (Å²) >= 11 is 7.65. The number of rotatable bonds is 10. The lowest BCUT2D eigenvalue weighted by Crippen LogP contribution is -2.48. The molecule has 10 heteroatoms. The predicted molar refractivity (Wildman–Crippen MR) is 141 cm³/mol. The van der Waals surface area contributed by atoms with Crippen LogP contribution in [0.15, 0.2) is 47.5 Å². The van der Waals surface area contributed by atoms with E-state index in [1.165, 1.54) is 18.2 Å². The van der Waals surface area contributed by atoms with Gasteiger partial charge in [-0.05, 0) is 81.1 Å². The third kappa shape index (κ3) is 6.34. The number of likely N-dealkylation sites (tertiary alicyclic amines) is 1. The van der Waals surface area contributed by atoms with Gasteiger partial charge in [-0.1, -0.05) is 17.7 Å². The number of pyridine rings is 1. The molecule has 0 spiro atoms. The average molecular weight is 550 g/mol. The summed E-state index contributed by atoms with van der Waals surface area (Å²) in [4.78, 5) is 19.4. The lowest BCUT2D eigenvalue weighted by Gasteiger charge is -2.40. The van der Waals surface area contributed by atoms with Gasteiger partial charge in [0.2, 0.25) is 5.91 Å². The van der Waals surface area contributed by atoms with Crippen LogP contribution in [0.2, 0.25) is 5.02 Å². The molecule has 1 fully saturated rings. The number of benzene rings is 2. The van der Waals surface area contributed by atoms with Gasteiger partial charge in [0, 0.05) is 23.9 Å². The highest BCUT2D eigenvalue weighted by Crippen LogP contribution is 2.38. The van der Waals surface area contributed by atoms with Gasteiger partial charge < -0.3 is 9.64 Å². The lowest BCUT2D eigenvalue weighted by atomic mass is 9.73. The van der Waals surface area contributed by atoms with Crippen molar-refractivity contribution in [2.75, 3.05) is 32.5 Å². The van der Waals surface area contributed by atoms with Crippen LogP contribution in [0.25, 0.3) is 10.9 Å². The van der Waals surface area contributed by atoms with E-state index in [0.29, 0.717) is 62.5 Å².